The zero-order chi connectivity index (χ0) is 20.2. The van der Waals surface area contributed by atoms with Gasteiger partial charge < -0.3 is 19.3 Å². The third-order valence-electron chi connectivity index (χ3n) is 5.22. The second kappa shape index (κ2) is 6.38. The smallest absolute Gasteiger partial charge is 0.415 e. The molecule has 1 aromatic carbocycles. The third kappa shape index (κ3) is 3.25. The maximum atomic E-state index is 13.1. The van der Waals surface area contributed by atoms with E-state index >= 15 is 0 Å². The van der Waals surface area contributed by atoms with Crippen LogP contribution < -0.4 is 4.74 Å². The van der Waals surface area contributed by atoms with Crippen molar-refractivity contribution in [1.29, 1.82) is 0 Å². The molecule has 0 saturated carbocycles. The summed E-state index contributed by atoms with van der Waals surface area (Å²) in [5, 5.41) is 10.9. The van der Waals surface area contributed by atoms with Crippen LogP contribution in [-0.2, 0) is 19.5 Å². The molecule has 0 radical (unpaired) electrons. The number of ether oxygens (including phenoxy) is 1. The van der Waals surface area contributed by atoms with Gasteiger partial charge in [0, 0.05) is 30.1 Å². The van der Waals surface area contributed by atoms with Gasteiger partial charge in [0.15, 0.2) is 0 Å². The van der Waals surface area contributed by atoms with Crippen LogP contribution >= 0.6 is 0 Å². The minimum absolute atomic E-state index is 0.209. The van der Waals surface area contributed by atoms with Crippen molar-refractivity contribution in [2.45, 2.75) is 32.0 Å². The topological polar surface area (TPSA) is 99.5 Å². The molecule has 9 nitrogen and oxygen atoms in total. The van der Waals surface area contributed by atoms with Crippen LogP contribution in [0.25, 0.3) is 11.5 Å². The number of benzene rings is 1. The highest BCUT2D eigenvalue weighted by Gasteiger charge is 2.42. The fourth-order valence-electron chi connectivity index (χ4n) is 3.94. The molecule has 0 N–H and O–H groups in total. The number of oxazole rings is 1. The molecule has 2 aromatic heterocycles. The van der Waals surface area contributed by atoms with Crippen LogP contribution in [0.2, 0.25) is 0 Å². The summed E-state index contributed by atoms with van der Waals surface area (Å²) in [5.74, 6) is 0.782. The van der Waals surface area contributed by atoms with Crippen molar-refractivity contribution in [2.75, 3.05) is 13.1 Å². The van der Waals surface area contributed by atoms with Crippen LogP contribution in [0.4, 0.5) is 10.2 Å². The highest BCUT2D eigenvalue weighted by atomic mass is 19.1. The lowest BCUT2D eigenvalue weighted by Crippen LogP contribution is -2.46. The van der Waals surface area contributed by atoms with Gasteiger partial charge in [-0.15, -0.1) is 0 Å². The second-order valence-electron chi connectivity index (χ2n) is 7.68. The zero-order valence-corrected chi connectivity index (χ0v) is 15.7. The van der Waals surface area contributed by atoms with Gasteiger partial charge in [-0.3, -0.25) is 9.47 Å². The molecule has 0 saturated heterocycles. The SMILES string of the molecule is CC1(CN2CCc3nc(-c4ccc(F)cc4)oc3C2)Cn2cc([N+](=O)[O-])nc2O1. The first-order chi connectivity index (χ1) is 13.9. The number of halogens is 1. The minimum atomic E-state index is -0.533. The number of hydrogen-bond donors (Lipinski definition) is 0. The van der Waals surface area contributed by atoms with Gasteiger partial charge in [-0.25, -0.2) is 9.37 Å². The molecule has 2 aliphatic heterocycles. The lowest BCUT2D eigenvalue weighted by atomic mass is 10.0. The van der Waals surface area contributed by atoms with Gasteiger partial charge in [-0.05, 0) is 36.1 Å². The molecule has 2 aliphatic rings. The van der Waals surface area contributed by atoms with E-state index in [0.717, 1.165) is 30.0 Å². The molecule has 0 aliphatic carbocycles. The number of nitro groups is 1. The van der Waals surface area contributed by atoms with Crippen molar-refractivity contribution in [3.05, 3.63) is 57.8 Å². The molecule has 0 bridgehead atoms. The molecular formula is C19H18FN5O4. The Bertz CT molecular complexity index is 1070. The maximum absolute atomic E-state index is 13.1. The van der Waals surface area contributed by atoms with Crippen molar-refractivity contribution in [1.82, 2.24) is 19.4 Å². The zero-order valence-electron chi connectivity index (χ0n) is 15.7. The Morgan fingerprint density at radius 3 is 2.83 bits per heavy atom. The van der Waals surface area contributed by atoms with E-state index in [9.17, 15) is 14.5 Å². The van der Waals surface area contributed by atoms with Crippen molar-refractivity contribution in [3.8, 4) is 17.5 Å². The number of hydrogen-bond acceptors (Lipinski definition) is 7. The maximum Gasteiger partial charge on any atom is 0.415 e. The Balaban J connectivity index is 1.28. The van der Waals surface area contributed by atoms with Crippen molar-refractivity contribution in [3.63, 3.8) is 0 Å². The third-order valence-corrected chi connectivity index (χ3v) is 5.22. The number of fused-ring (bicyclic) bond motifs is 2. The highest BCUT2D eigenvalue weighted by Crippen LogP contribution is 2.33. The number of imidazole rings is 1. The largest absolute Gasteiger partial charge is 0.440 e. The second-order valence-corrected chi connectivity index (χ2v) is 7.68. The molecule has 1 unspecified atom stereocenters. The van der Waals surface area contributed by atoms with E-state index in [2.05, 4.69) is 14.9 Å². The molecule has 0 spiro atoms. The summed E-state index contributed by atoms with van der Waals surface area (Å²) >= 11 is 0. The quantitative estimate of drug-likeness (QED) is 0.491. The van der Waals surface area contributed by atoms with Gasteiger partial charge in [0.05, 0.1) is 18.8 Å². The number of nitrogens with zero attached hydrogens (tertiary/aromatic N) is 5. The Morgan fingerprint density at radius 2 is 2.10 bits per heavy atom. The molecule has 29 heavy (non-hydrogen) atoms. The van der Waals surface area contributed by atoms with E-state index in [1.807, 2.05) is 6.92 Å². The first kappa shape index (κ1) is 17.8. The summed E-state index contributed by atoms with van der Waals surface area (Å²) in [4.78, 5) is 21.0. The van der Waals surface area contributed by atoms with Crippen molar-refractivity contribution >= 4 is 5.82 Å². The van der Waals surface area contributed by atoms with Crippen LogP contribution in [0.15, 0.2) is 34.9 Å². The van der Waals surface area contributed by atoms with E-state index in [1.165, 1.54) is 18.3 Å². The van der Waals surface area contributed by atoms with Crippen LogP contribution in [-0.4, -0.2) is 43.0 Å². The minimum Gasteiger partial charge on any atom is -0.440 e. The van der Waals surface area contributed by atoms with E-state index < -0.39 is 10.5 Å². The number of aromatic nitrogens is 3. The van der Waals surface area contributed by atoms with Crippen molar-refractivity contribution < 1.29 is 18.5 Å². The normalized spacial score (nSPS) is 20.9. The summed E-state index contributed by atoms with van der Waals surface area (Å²) in [6.45, 7) is 4.46. The molecule has 5 rings (SSSR count). The van der Waals surface area contributed by atoms with Gasteiger partial charge in [0.1, 0.15) is 23.4 Å². The number of rotatable bonds is 4. The Morgan fingerprint density at radius 1 is 1.31 bits per heavy atom. The van der Waals surface area contributed by atoms with Gasteiger partial charge in [0.25, 0.3) is 0 Å². The first-order valence-electron chi connectivity index (χ1n) is 9.26. The predicted octanol–water partition coefficient (Wildman–Crippen LogP) is 2.79. The standard InChI is InChI=1S/C19H18FN5O4/c1-19(11-24-9-16(25(26)27)22-18(24)29-19)10-23-7-6-14-15(8-23)28-17(21-14)12-2-4-13(20)5-3-12/h2-5,9H,6-8,10-11H2,1H3. The fourth-order valence-corrected chi connectivity index (χ4v) is 3.94. The fraction of sp³-hybridized carbons (Fsp3) is 0.368. The Labute approximate surface area is 164 Å². The van der Waals surface area contributed by atoms with Gasteiger partial charge in [-0.1, -0.05) is 0 Å². The van der Waals surface area contributed by atoms with E-state index in [0.29, 0.717) is 25.5 Å². The van der Waals surface area contributed by atoms with Gasteiger partial charge in [-0.2, -0.15) is 0 Å². The lowest BCUT2D eigenvalue weighted by Gasteiger charge is -2.32. The molecule has 0 amide bonds. The molecule has 150 valence electrons. The molecule has 10 heteroatoms. The average molecular weight is 399 g/mol. The summed E-state index contributed by atoms with van der Waals surface area (Å²) < 4.78 is 26.7. The summed E-state index contributed by atoms with van der Waals surface area (Å²) in [5.41, 5.74) is 1.13. The monoisotopic (exact) mass is 399 g/mol. The first-order valence-corrected chi connectivity index (χ1v) is 9.26. The summed E-state index contributed by atoms with van der Waals surface area (Å²) in [6, 6.07) is 6.35. The molecule has 4 heterocycles. The Hall–Kier alpha value is -3.27. The summed E-state index contributed by atoms with van der Waals surface area (Å²) in [7, 11) is 0. The predicted molar refractivity (Wildman–Crippen MR) is 98.8 cm³/mol. The molecule has 0 fully saturated rings. The van der Waals surface area contributed by atoms with E-state index in [-0.39, 0.29) is 17.6 Å². The van der Waals surface area contributed by atoms with Gasteiger partial charge in [0.2, 0.25) is 5.89 Å². The molecule has 3 aromatic rings. The van der Waals surface area contributed by atoms with Gasteiger partial charge >= 0.3 is 11.8 Å². The highest BCUT2D eigenvalue weighted by molar-refractivity contribution is 5.53. The van der Waals surface area contributed by atoms with E-state index in [4.69, 9.17) is 9.15 Å². The van der Waals surface area contributed by atoms with Crippen LogP contribution in [0.5, 0.6) is 6.01 Å². The average Bonchev–Trinajstić information content (AvgIpc) is 3.33. The van der Waals surface area contributed by atoms with Crippen LogP contribution in [0.3, 0.4) is 0 Å². The van der Waals surface area contributed by atoms with Crippen LogP contribution in [0, 0.1) is 15.9 Å². The Kier molecular flexibility index (Phi) is 3.91. The van der Waals surface area contributed by atoms with E-state index in [1.54, 1.807) is 16.7 Å². The summed E-state index contributed by atoms with van der Waals surface area (Å²) in [6.07, 6.45) is 2.15. The lowest BCUT2D eigenvalue weighted by molar-refractivity contribution is -0.389. The van der Waals surface area contributed by atoms with Crippen molar-refractivity contribution in [2.24, 2.45) is 0 Å². The van der Waals surface area contributed by atoms with Crippen LogP contribution in [0.1, 0.15) is 18.4 Å². The molecule has 1 atom stereocenters. The molecular weight excluding hydrogens is 381 g/mol.